The lowest BCUT2D eigenvalue weighted by Crippen LogP contribution is -2.52. The van der Waals surface area contributed by atoms with Crippen molar-refractivity contribution in [2.24, 2.45) is 0 Å². The van der Waals surface area contributed by atoms with Gasteiger partial charge in [0.1, 0.15) is 0 Å². The van der Waals surface area contributed by atoms with Gasteiger partial charge < -0.3 is 15.1 Å². The van der Waals surface area contributed by atoms with E-state index in [1.54, 1.807) is 0 Å². The highest BCUT2D eigenvalue weighted by Crippen LogP contribution is 2.35. The molecular formula is C8H17N2O5P. The van der Waals surface area contributed by atoms with Gasteiger partial charge in [0.2, 0.25) is 0 Å². The van der Waals surface area contributed by atoms with Crippen LogP contribution in [0.1, 0.15) is 0 Å². The lowest BCUT2D eigenvalue weighted by molar-refractivity contribution is -0.247. The van der Waals surface area contributed by atoms with Crippen LogP contribution < -0.4 is 5.32 Å². The zero-order valence-electron chi connectivity index (χ0n) is 8.82. The zero-order valence-corrected chi connectivity index (χ0v) is 9.71. The molecule has 0 bridgehead atoms. The number of rotatable bonds is 5. The second-order valence-electron chi connectivity index (χ2n) is 3.68. The fourth-order valence-electron chi connectivity index (χ4n) is 1.60. The lowest BCUT2D eigenvalue weighted by atomic mass is 10.2. The molecule has 0 radical (unpaired) electrons. The second kappa shape index (κ2) is 6.46. The summed E-state index contributed by atoms with van der Waals surface area (Å²) in [6.45, 7) is 2.92. The van der Waals surface area contributed by atoms with E-state index in [4.69, 9.17) is 15.0 Å². The highest BCUT2D eigenvalue weighted by molar-refractivity contribution is 7.55. The summed E-state index contributed by atoms with van der Waals surface area (Å²) in [5, 5.41) is 11.5. The van der Waals surface area contributed by atoms with Crippen molar-refractivity contribution in [3.05, 3.63) is 11.9 Å². The van der Waals surface area contributed by atoms with Gasteiger partial charge in [0, 0.05) is 38.0 Å². The van der Waals surface area contributed by atoms with Crippen molar-refractivity contribution in [3.63, 3.8) is 0 Å². The third-order valence-electron chi connectivity index (χ3n) is 2.28. The maximum Gasteiger partial charge on any atom is 0.348 e. The van der Waals surface area contributed by atoms with Crippen LogP contribution in [0.25, 0.3) is 0 Å². The lowest BCUT2D eigenvalue weighted by Gasteiger charge is -2.32. The van der Waals surface area contributed by atoms with Gasteiger partial charge in [-0.15, -0.1) is 0 Å². The molecular weight excluding hydrogens is 235 g/mol. The standard InChI is InChI=1S/C8H17N2O5P/c11-15-7-8-6-10(4-2-9-8)3-1-5-16(12,13)14/h1,5,8-9,11H,2-4,6-7H2,(H2,12,13,14). The van der Waals surface area contributed by atoms with Gasteiger partial charge >= 0.3 is 7.60 Å². The number of hydrogen-bond acceptors (Lipinski definition) is 5. The SMILES string of the molecule is O=P(O)(O)C=CCN1CCNC(COO)C1. The molecule has 0 aromatic rings. The quantitative estimate of drug-likeness (QED) is 0.295. The Morgan fingerprint density at radius 1 is 1.56 bits per heavy atom. The fourth-order valence-corrected chi connectivity index (χ4v) is 1.96. The minimum atomic E-state index is -4.05. The predicted octanol–water partition coefficient (Wildman–Crippen LogP) is -0.559. The van der Waals surface area contributed by atoms with Crippen LogP contribution in [0.15, 0.2) is 11.9 Å². The summed E-state index contributed by atoms with van der Waals surface area (Å²) in [6.07, 6.45) is 1.46. The molecule has 0 aliphatic carbocycles. The Kier molecular flexibility index (Phi) is 5.57. The first-order valence-electron chi connectivity index (χ1n) is 4.96. The normalized spacial score (nSPS) is 24.1. The summed E-state index contributed by atoms with van der Waals surface area (Å²) < 4.78 is 10.6. The molecule has 16 heavy (non-hydrogen) atoms. The van der Waals surface area contributed by atoms with Crippen LogP contribution in [-0.2, 0) is 9.45 Å². The molecule has 1 aliphatic rings. The van der Waals surface area contributed by atoms with Crippen LogP contribution in [0.5, 0.6) is 0 Å². The largest absolute Gasteiger partial charge is 0.348 e. The Balaban J connectivity index is 2.32. The molecule has 4 N–H and O–H groups in total. The number of nitrogens with one attached hydrogen (secondary N) is 1. The Bertz CT molecular complexity index is 278. The summed E-state index contributed by atoms with van der Waals surface area (Å²) in [5.74, 6) is 0.909. The molecule has 0 saturated carbocycles. The third kappa shape index (κ3) is 5.72. The highest BCUT2D eigenvalue weighted by Gasteiger charge is 2.18. The van der Waals surface area contributed by atoms with Crippen LogP contribution in [0, 0.1) is 0 Å². The Hall–Kier alpha value is -0.270. The Morgan fingerprint density at radius 3 is 2.94 bits per heavy atom. The van der Waals surface area contributed by atoms with Crippen molar-refractivity contribution >= 4 is 7.60 Å². The monoisotopic (exact) mass is 252 g/mol. The molecule has 8 heteroatoms. The van der Waals surface area contributed by atoms with Crippen molar-refractivity contribution in [3.8, 4) is 0 Å². The van der Waals surface area contributed by atoms with Crippen molar-refractivity contribution in [2.45, 2.75) is 6.04 Å². The first-order chi connectivity index (χ1) is 7.51. The molecule has 7 nitrogen and oxygen atoms in total. The van der Waals surface area contributed by atoms with Crippen molar-refractivity contribution in [1.82, 2.24) is 10.2 Å². The molecule has 1 aliphatic heterocycles. The summed E-state index contributed by atoms with van der Waals surface area (Å²) in [5.41, 5.74) is 0. The minimum Gasteiger partial charge on any atom is -0.321 e. The van der Waals surface area contributed by atoms with Gasteiger partial charge in [0.25, 0.3) is 0 Å². The molecule has 94 valence electrons. The Morgan fingerprint density at radius 2 is 2.31 bits per heavy atom. The van der Waals surface area contributed by atoms with E-state index >= 15 is 0 Å². The van der Waals surface area contributed by atoms with Crippen LogP contribution in [0.3, 0.4) is 0 Å². The van der Waals surface area contributed by atoms with Crippen molar-refractivity contribution in [2.75, 3.05) is 32.8 Å². The van der Waals surface area contributed by atoms with Gasteiger partial charge in [-0.05, 0) is 0 Å². The van der Waals surface area contributed by atoms with E-state index in [9.17, 15) is 4.57 Å². The van der Waals surface area contributed by atoms with E-state index in [0.29, 0.717) is 13.1 Å². The molecule has 1 atom stereocenters. The van der Waals surface area contributed by atoms with Crippen molar-refractivity contribution < 1.29 is 24.5 Å². The predicted molar refractivity (Wildman–Crippen MR) is 58.0 cm³/mol. The molecule has 0 aromatic heterocycles. The minimum absolute atomic E-state index is 0.0437. The molecule has 1 unspecified atom stereocenters. The first-order valence-corrected chi connectivity index (χ1v) is 6.64. The van der Waals surface area contributed by atoms with E-state index in [2.05, 4.69) is 10.2 Å². The summed E-state index contributed by atoms with van der Waals surface area (Å²) in [4.78, 5) is 23.3. The smallest absolute Gasteiger partial charge is 0.321 e. The van der Waals surface area contributed by atoms with Crippen LogP contribution in [-0.4, -0.2) is 58.8 Å². The molecule has 1 rings (SSSR count). The van der Waals surface area contributed by atoms with Crippen LogP contribution in [0.2, 0.25) is 0 Å². The average molecular weight is 252 g/mol. The van der Waals surface area contributed by atoms with Gasteiger partial charge in [-0.25, -0.2) is 4.89 Å². The number of hydrogen-bond donors (Lipinski definition) is 4. The summed E-state index contributed by atoms with van der Waals surface area (Å²) >= 11 is 0. The molecule has 1 heterocycles. The second-order valence-corrected chi connectivity index (χ2v) is 5.16. The van der Waals surface area contributed by atoms with Gasteiger partial charge in [0.15, 0.2) is 0 Å². The van der Waals surface area contributed by atoms with Gasteiger partial charge in [-0.1, -0.05) is 6.08 Å². The van der Waals surface area contributed by atoms with E-state index < -0.39 is 7.60 Å². The maximum atomic E-state index is 10.6. The zero-order chi connectivity index (χ0) is 12.0. The number of nitrogens with zero attached hydrogens (tertiary/aromatic N) is 1. The maximum absolute atomic E-state index is 10.6. The first kappa shape index (κ1) is 13.8. The molecule has 0 spiro atoms. The van der Waals surface area contributed by atoms with Crippen LogP contribution in [0.4, 0.5) is 0 Å². The van der Waals surface area contributed by atoms with Crippen molar-refractivity contribution in [1.29, 1.82) is 0 Å². The third-order valence-corrected chi connectivity index (χ3v) is 2.88. The van der Waals surface area contributed by atoms with Gasteiger partial charge in [-0.2, -0.15) is 0 Å². The molecule has 0 amide bonds. The van der Waals surface area contributed by atoms with Crippen LogP contribution >= 0.6 is 7.60 Å². The highest BCUT2D eigenvalue weighted by atomic mass is 31.2. The number of piperazine rings is 1. The van der Waals surface area contributed by atoms with Gasteiger partial charge in [0.05, 0.1) is 6.61 Å². The fraction of sp³-hybridized carbons (Fsp3) is 0.750. The summed E-state index contributed by atoms with van der Waals surface area (Å²) in [7, 11) is -4.05. The van der Waals surface area contributed by atoms with E-state index in [-0.39, 0.29) is 12.6 Å². The van der Waals surface area contributed by atoms with E-state index in [0.717, 1.165) is 18.9 Å². The van der Waals surface area contributed by atoms with E-state index in [1.165, 1.54) is 6.08 Å². The summed E-state index contributed by atoms with van der Waals surface area (Å²) in [6, 6.07) is 0.0437. The average Bonchev–Trinajstić information content (AvgIpc) is 2.17. The topological polar surface area (TPSA) is 102 Å². The molecule has 1 saturated heterocycles. The molecule has 0 aromatic carbocycles. The molecule has 1 fully saturated rings. The Labute approximate surface area is 93.8 Å². The van der Waals surface area contributed by atoms with Gasteiger partial charge in [-0.3, -0.25) is 14.7 Å². The van der Waals surface area contributed by atoms with E-state index in [1.807, 2.05) is 4.90 Å².